The van der Waals surface area contributed by atoms with E-state index in [9.17, 15) is 31.2 Å². The van der Waals surface area contributed by atoms with Crippen molar-refractivity contribution < 1.29 is 41.0 Å². The number of amides is 1. The van der Waals surface area contributed by atoms with E-state index in [0.29, 0.717) is 4.31 Å². The summed E-state index contributed by atoms with van der Waals surface area (Å²) in [6, 6.07) is 0. The maximum atomic E-state index is 12.6. The Morgan fingerprint density at radius 2 is 2.00 bits per heavy atom. The van der Waals surface area contributed by atoms with Crippen molar-refractivity contribution in [2.45, 2.75) is 19.2 Å². The number of halogens is 3. The highest BCUT2D eigenvalue weighted by molar-refractivity contribution is 7.88. The van der Waals surface area contributed by atoms with Gasteiger partial charge in [0.15, 0.2) is 0 Å². The molecule has 0 aromatic heterocycles. The number of hydrogen-bond donors (Lipinski definition) is 1. The zero-order chi connectivity index (χ0) is 18.7. The number of carboxylic acids is 1. The molecule has 1 fully saturated rings. The number of sulfonamides is 1. The van der Waals surface area contributed by atoms with Gasteiger partial charge in [0.1, 0.15) is 12.5 Å². The molecule has 140 valence electrons. The quantitative estimate of drug-likeness (QED) is 0.686. The summed E-state index contributed by atoms with van der Waals surface area (Å²) in [4.78, 5) is 23.6. The van der Waals surface area contributed by atoms with Crippen molar-refractivity contribution in [2.75, 3.05) is 39.0 Å². The molecule has 1 rings (SSSR count). The van der Waals surface area contributed by atoms with Crippen molar-refractivity contribution in [1.29, 1.82) is 0 Å². The van der Waals surface area contributed by atoms with Crippen molar-refractivity contribution in [1.82, 2.24) is 9.21 Å². The molecule has 1 aliphatic heterocycles. The first-order valence-electron chi connectivity index (χ1n) is 6.96. The lowest BCUT2D eigenvalue weighted by Gasteiger charge is -2.36. The molecule has 0 aromatic rings. The van der Waals surface area contributed by atoms with Crippen LogP contribution in [0.4, 0.5) is 13.2 Å². The summed E-state index contributed by atoms with van der Waals surface area (Å²) in [7, 11) is -3.85. The van der Waals surface area contributed by atoms with Crippen LogP contribution in [-0.2, 0) is 24.3 Å². The fourth-order valence-electron chi connectivity index (χ4n) is 2.14. The molecule has 12 heteroatoms. The number of morpholine rings is 1. The fourth-order valence-corrected chi connectivity index (χ4v) is 2.92. The van der Waals surface area contributed by atoms with Gasteiger partial charge in [0.2, 0.25) is 15.9 Å². The minimum Gasteiger partial charge on any atom is -0.480 e. The molecule has 0 aromatic carbocycles. The van der Waals surface area contributed by atoms with Gasteiger partial charge in [-0.3, -0.25) is 9.59 Å². The Kier molecular flexibility index (Phi) is 6.59. The fraction of sp³-hybridized carbons (Fsp3) is 0.833. The van der Waals surface area contributed by atoms with Gasteiger partial charge in [0.25, 0.3) is 0 Å². The van der Waals surface area contributed by atoms with E-state index in [4.69, 9.17) is 9.84 Å². The van der Waals surface area contributed by atoms with E-state index in [0.717, 1.165) is 18.1 Å². The summed E-state index contributed by atoms with van der Waals surface area (Å²) < 4.78 is 66.9. The third-order valence-electron chi connectivity index (χ3n) is 3.50. The summed E-state index contributed by atoms with van der Waals surface area (Å²) in [5.74, 6) is -4.68. The van der Waals surface area contributed by atoms with Gasteiger partial charge in [-0.15, -0.1) is 0 Å². The Hall–Kier alpha value is -1.40. The zero-order valence-electron chi connectivity index (χ0n) is 13.1. The second kappa shape index (κ2) is 7.66. The SMILES string of the molecule is CC(C(=O)N1CCOC(CN(CC(=O)O)S(C)(=O)=O)C1)C(F)(F)F. The first-order valence-corrected chi connectivity index (χ1v) is 8.81. The third kappa shape index (κ3) is 5.91. The number of aliphatic carboxylic acids is 1. The number of nitrogens with zero attached hydrogens (tertiary/aromatic N) is 2. The van der Waals surface area contributed by atoms with Crippen LogP contribution >= 0.6 is 0 Å². The summed E-state index contributed by atoms with van der Waals surface area (Å²) in [6.07, 6.45) is -4.77. The predicted octanol–water partition coefficient (Wildman–Crippen LogP) is -0.242. The molecular weight excluding hydrogens is 357 g/mol. The molecule has 1 heterocycles. The van der Waals surface area contributed by atoms with Gasteiger partial charge in [-0.2, -0.15) is 17.5 Å². The lowest BCUT2D eigenvalue weighted by atomic mass is 10.1. The standard InChI is InChI=1S/C12H19F3N2O6S/c1-8(12(13,14)15)11(20)16-3-4-23-9(5-16)6-17(7-10(18)19)24(2,21)22/h8-9H,3-7H2,1-2H3,(H,18,19). The molecule has 0 bridgehead atoms. The number of ether oxygens (including phenoxy) is 1. The number of carbonyl (C=O) groups is 2. The van der Waals surface area contributed by atoms with Crippen LogP contribution in [0.1, 0.15) is 6.92 Å². The molecule has 8 nitrogen and oxygen atoms in total. The van der Waals surface area contributed by atoms with Crippen molar-refractivity contribution in [3.8, 4) is 0 Å². The van der Waals surface area contributed by atoms with Crippen LogP contribution in [0.5, 0.6) is 0 Å². The largest absolute Gasteiger partial charge is 0.480 e. The van der Waals surface area contributed by atoms with Gasteiger partial charge < -0.3 is 14.7 Å². The maximum Gasteiger partial charge on any atom is 0.400 e. The highest BCUT2D eigenvalue weighted by Crippen LogP contribution is 2.28. The molecule has 0 spiro atoms. The minimum atomic E-state index is -4.67. The predicted molar refractivity (Wildman–Crippen MR) is 75.6 cm³/mol. The van der Waals surface area contributed by atoms with E-state index in [1.165, 1.54) is 0 Å². The molecule has 2 unspecified atom stereocenters. The first-order chi connectivity index (χ1) is 10.8. The van der Waals surface area contributed by atoms with E-state index in [2.05, 4.69) is 0 Å². The van der Waals surface area contributed by atoms with Crippen LogP contribution in [0, 0.1) is 5.92 Å². The number of carboxylic acid groups (broad SMARTS) is 1. The second-order valence-electron chi connectivity index (χ2n) is 5.49. The topological polar surface area (TPSA) is 104 Å². The van der Waals surface area contributed by atoms with E-state index in [-0.39, 0.29) is 26.2 Å². The highest BCUT2D eigenvalue weighted by Gasteiger charge is 2.44. The summed E-state index contributed by atoms with van der Waals surface area (Å²) >= 11 is 0. The summed E-state index contributed by atoms with van der Waals surface area (Å²) in [6.45, 7) is -0.773. The van der Waals surface area contributed by atoms with Crippen molar-refractivity contribution in [3.63, 3.8) is 0 Å². The smallest absolute Gasteiger partial charge is 0.400 e. The minimum absolute atomic E-state index is 0.0481. The van der Waals surface area contributed by atoms with Gasteiger partial charge >= 0.3 is 12.1 Å². The lowest BCUT2D eigenvalue weighted by molar-refractivity contribution is -0.189. The van der Waals surface area contributed by atoms with Crippen molar-refractivity contribution >= 4 is 21.9 Å². The Morgan fingerprint density at radius 3 is 2.46 bits per heavy atom. The monoisotopic (exact) mass is 376 g/mol. The average Bonchev–Trinajstić information content (AvgIpc) is 2.43. The van der Waals surface area contributed by atoms with E-state index < -0.39 is 46.6 Å². The van der Waals surface area contributed by atoms with E-state index >= 15 is 0 Å². The van der Waals surface area contributed by atoms with Gasteiger partial charge in [0, 0.05) is 19.6 Å². The van der Waals surface area contributed by atoms with Crippen molar-refractivity contribution in [3.05, 3.63) is 0 Å². The normalized spacial score (nSPS) is 20.9. The van der Waals surface area contributed by atoms with Crippen LogP contribution in [0.2, 0.25) is 0 Å². The van der Waals surface area contributed by atoms with Crippen LogP contribution in [0.15, 0.2) is 0 Å². The van der Waals surface area contributed by atoms with Crippen LogP contribution < -0.4 is 0 Å². The van der Waals surface area contributed by atoms with E-state index in [1.54, 1.807) is 0 Å². The molecule has 1 aliphatic rings. The summed E-state index contributed by atoms with van der Waals surface area (Å²) in [5, 5.41) is 8.74. The third-order valence-corrected chi connectivity index (χ3v) is 4.72. The highest BCUT2D eigenvalue weighted by atomic mass is 32.2. The van der Waals surface area contributed by atoms with Gasteiger partial charge in [0.05, 0.1) is 19.0 Å². The Labute approximate surface area is 137 Å². The first kappa shape index (κ1) is 20.6. The van der Waals surface area contributed by atoms with Gasteiger partial charge in [-0.25, -0.2) is 8.42 Å². The Morgan fingerprint density at radius 1 is 1.42 bits per heavy atom. The van der Waals surface area contributed by atoms with Crippen LogP contribution in [0.25, 0.3) is 0 Å². The molecule has 1 N–H and O–H groups in total. The summed E-state index contributed by atoms with van der Waals surface area (Å²) in [5.41, 5.74) is 0. The van der Waals surface area contributed by atoms with Crippen molar-refractivity contribution in [2.24, 2.45) is 5.92 Å². The maximum absolute atomic E-state index is 12.6. The number of alkyl halides is 3. The van der Waals surface area contributed by atoms with E-state index in [1.807, 2.05) is 0 Å². The number of carbonyl (C=O) groups excluding carboxylic acids is 1. The number of rotatable bonds is 6. The molecular formula is C12H19F3N2O6S. The van der Waals surface area contributed by atoms with Gasteiger partial charge in [-0.1, -0.05) is 0 Å². The zero-order valence-corrected chi connectivity index (χ0v) is 13.9. The average molecular weight is 376 g/mol. The molecule has 2 atom stereocenters. The van der Waals surface area contributed by atoms with Crippen LogP contribution in [0.3, 0.4) is 0 Å². The molecule has 1 amide bonds. The van der Waals surface area contributed by atoms with Gasteiger partial charge in [-0.05, 0) is 6.92 Å². The lowest BCUT2D eigenvalue weighted by Crippen LogP contribution is -2.53. The molecule has 0 saturated carbocycles. The van der Waals surface area contributed by atoms with Crippen LogP contribution in [-0.4, -0.2) is 85.9 Å². The molecule has 24 heavy (non-hydrogen) atoms. The Bertz CT molecular complexity index is 580. The second-order valence-corrected chi connectivity index (χ2v) is 7.47. The number of hydrogen-bond acceptors (Lipinski definition) is 5. The molecule has 0 aliphatic carbocycles. The Balaban J connectivity index is 2.78. The molecule has 1 saturated heterocycles. The molecule has 0 radical (unpaired) electrons.